The van der Waals surface area contributed by atoms with Gasteiger partial charge in [0.2, 0.25) is 6.23 Å². The summed E-state index contributed by atoms with van der Waals surface area (Å²) in [6.45, 7) is 7.36. The lowest BCUT2D eigenvalue weighted by molar-refractivity contribution is 0.0409. The second-order valence-electron chi connectivity index (χ2n) is 6.37. The second kappa shape index (κ2) is 7.42. The molecule has 0 N–H and O–H groups in total. The third-order valence-electron chi connectivity index (χ3n) is 3.23. The predicted octanol–water partition coefficient (Wildman–Crippen LogP) is 3.41. The van der Waals surface area contributed by atoms with Crippen molar-refractivity contribution in [2.24, 2.45) is 0 Å². The van der Waals surface area contributed by atoms with Gasteiger partial charge >= 0.3 is 12.2 Å². The number of hydrogen-bond acceptors (Lipinski definition) is 6. The molecule has 0 saturated heterocycles. The number of pyridine rings is 1. The van der Waals surface area contributed by atoms with Crippen molar-refractivity contribution < 1.29 is 23.8 Å². The predicted molar refractivity (Wildman–Crippen MR) is 90.7 cm³/mol. The summed E-state index contributed by atoms with van der Waals surface area (Å²) in [5.41, 5.74) is 0.0424. The van der Waals surface area contributed by atoms with Gasteiger partial charge in [0.15, 0.2) is 0 Å². The molecule has 2 amide bonds. The largest absolute Gasteiger partial charge is 0.472 e. The number of hydrogen-bond donors (Lipinski definition) is 0. The molecule has 0 spiro atoms. The van der Waals surface area contributed by atoms with Crippen LogP contribution in [0.2, 0.25) is 0 Å². The summed E-state index contributed by atoms with van der Waals surface area (Å²) in [6, 6.07) is 3.37. The fourth-order valence-electron chi connectivity index (χ4n) is 2.11. The first-order chi connectivity index (χ1) is 11.7. The van der Waals surface area contributed by atoms with Crippen molar-refractivity contribution in [1.82, 2.24) is 9.88 Å². The summed E-state index contributed by atoms with van der Waals surface area (Å²) in [5, 5.41) is 0. The van der Waals surface area contributed by atoms with Gasteiger partial charge in [0.05, 0.1) is 6.61 Å². The third-order valence-corrected chi connectivity index (χ3v) is 3.23. The van der Waals surface area contributed by atoms with Crippen LogP contribution in [-0.4, -0.2) is 41.3 Å². The fourth-order valence-corrected chi connectivity index (χ4v) is 2.11. The first-order valence-electron chi connectivity index (χ1n) is 7.93. The van der Waals surface area contributed by atoms with Crippen molar-refractivity contribution >= 4 is 18.0 Å². The van der Waals surface area contributed by atoms with Gasteiger partial charge in [-0.05, 0) is 39.8 Å². The topological polar surface area (TPSA) is 81.2 Å². The van der Waals surface area contributed by atoms with E-state index in [0.717, 1.165) is 0 Å². The Morgan fingerprint density at radius 3 is 2.76 bits per heavy atom. The smallest absolute Gasteiger partial charge is 0.417 e. The molecule has 1 aliphatic heterocycles. The van der Waals surface area contributed by atoms with E-state index in [1.807, 2.05) is 0 Å². The number of aromatic nitrogens is 1. The lowest BCUT2D eigenvalue weighted by Crippen LogP contribution is -2.34. The molecule has 1 atom stereocenters. The first kappa shape index (κ1) is 18.6. The van der Waals surface area contributed by atoms with Gasteiger partial charge < -0.3 is 14.2 Å². The molecule has 8 nitrogen and oxygen atoms in total. The van der Waals surface area contributed by atoms with Crippen LogP contribution >= 0.6 is 0 Å². The molecule has 2 rings (SSSR count). The molecule has 136 valence electrons. The van der Waals surface area contributed by atoms with Crippen molar-refractivity contribution in [2.75, 3.05) is 18.6 Å². The van der Waals surface area contributed by atoms with E-state index in [1.165, 1.54) is 28.5 Å². The van der Waals surface area contributed by atoms with E-state index in [0.29, 0.717) is 11.4 Å². The Labute approximate surface area is 147 Å². The second-order valence-corrected chi connectivity index (χ2v) is 6.37. The Bertz CT molecular complexity index is 668. The minimum atomic E-state index is -0.673. The van der Waals surface area contributed by atoms with E-state index in [1.54, 1.807) is 46.9 Å². The number of ether oxygens (including phenoxy) is 3. The van der Waals surface area contributed by atoms with Gasteiger partial charge in [0, 0.05) is 25.0 Å². The van der Waals surface area contributed by atoms with Gasteiger partial charge in [0.25, 0.3) is 0 Å². The first-order valence-corrected chi connectivity index (χ1v) is 7.93. The van der Waals surface area contributed by atoms with Gasteiger partial charge in [-0.2, -0.15) is 0 Å². The lowest BCUT2D eigenvalue weighted by Gasteiger charge is -2.25. The molecule has 8 heteroatoms. The van der Waals surface area contributed by atoms with Gasteiger partial charge in [-0.15, -0.1) is 0 Å². The molecule has 2 heterocycles. The fraction of sp³-hybridized carbons (Fsp3) is 0.471. The van der Waals surface area contributed by atoms with Crippen molar-refractivity contribution in [1.29, 1.82) is 0 Å². The molecule has 0 aliphatic carbocycles. The van der Waals surface area contributed by atoms with Gasteiger partial charge in [-0.1, -0.05) is 0 Å². The Morgan fingerprint density at radius 2 is 2.12 bits per heavy atom. The standard InChI is InChI=1S/C17H23N3O5/c1-6-23-16(22)20-9-10-24-14(20)12-7-8-18-13(11-12)19(5)15(21)25-17(2,3)4/h7-11,14H,6H2,1-5H3. The van der Waals surface area contributed by atoms with Gasteiger partial charge in [-0.3, -0.25) is 4.90 Å². The zero-order valence-corrected chi connectivity index (χ0v) is 15.1. The molecule has 1 unspecified atom stereocenters. The van der Waals surface area contributed by atoms with Crippen molar-refractivity contribution in [3.8, 4) is 0 Å². The third kappa shape index (κ3) is 4.62. The average Bonchev–Trinajstić information content (AvgIpc) is 3.02. The highest BCUT2D eigenvalue weighted by atomic mass is 16.6. The molecular formula is C17H23N3O5. The van der Waals surface area contributed by atoms with Crippen LogP contribution in [-0.2, 0) is 14.2 Å². The molecule has 0 radical (unpaired) electrons. The number of amides is 2. The minimum absolute atomic E-state index is 0.263. The van der Waals surface area contributed by atoms with Crippen LogP contribution < -0.4 is 4.90 Å². The summed E-state index contributed by atoms with van der Waals surface area (Å²) in [7, 11) is 1.57. The monoisotopic (exact) mass is 349 g/mol. The van der Waals surface area contributed by atoms with Crippen molar-refractivity contribution in [3.05, 3.63) is 36.4 Å². The molecule has 1 aromatic rings. The maximum absolute atomic E-state index is 12.2. The molecule has 25 heavy (non-hydrogen) atoms. The molecule has 0 bridgehead atoms. The van der Waals surface area contributed by atoms with Gasteiger partial charge in [0.1, 0.15) is 17.7 Å². The van der Waals surface area contributed by atoms with Crippen molar-refractivity contribution in [3.63, 3.8) is 0 Å². The summed E-state index contributed by atoms with van der Waals surface area (Å²) in [5.74, 6) is 0.381. The zero-order chi connectivity index (χ0) is 18.6. The number of anilines is 1. The van der Waals surface area contributed by atoms with Crippen LogP contribution in [0.25, 0.3) is 0 Å². The summed E-state index contributed by atoms with van der Waals surface area (Å²) in [6.07, 6.45) is 2.74. The molecule has 0 fully saturated rings. The van der Waals surface area contributed by atoms with Crippen LogP contribution in [0.1, 0.15) is 39.5 Å². The zero-order valence-electron chi connectivity index (χ0n) is 15.1. The summed E-state index contributed by atoms with van der Waals surface area (Å²) < 4.78 is 15.8. The van der Waals surface area contributed by atoms with Crippen LogP contribution in [0.4, 0.5) is 15.4 Å². The normalized spacial score (nSPS) is 16.4. The number of carbonyl (C=O) groups excluding carboxylic acids is 2. The quantitative estimate of drug-likeness (QED) is 0.832. The SMILES string of the molecule is CCOC(=O)N1C=COC1c1ccnc(N(C)C(=O)OC(C)(C)C)c1. The minimum Gasteiger partial charge on any atom is -0.472 e. The van der Waals surface area contributed by atoms with E-state index in [9.17, 15) is 9.59 Å². The van der Waals surface area contributed by atoms with E-state index >= 15 is 0 Å². The highest BCUT2D eigenvalue weighted by Gasteiger charge is 2.30. The molecule has 0 saturated carbocycles. The number of rotatable bonds is 3. The maximum atomic E-state index is 12.2. The highest BCUT2D eigenvalue weighted by Crippen LogP contribution is 2.30. The van der Waals surface area contributed by atoms with E-state index in [2.05, 4.69) is 4.98 Å². The van der Waals surface area contributed by atoms with E-state index in [4.69, 9.17) is 14.2 Å². The van der Waals surface area contributed by atoms with Crippen LogP contribution in [0, 0.1) is 0 Å². The van der Waals surface area contributed by atoms with Gasteiger partial charge in [-0.25, -0.2) is 19.5 Å². The Balaban J connectivity index is 2.18. The Kier molecular flexibility index (Phi) is 5.51. The average molecular weight is 349 g/mol. The molecular weight excluding hydrogens is 326 g/mol. The van der Waals surface area contributed by atoms with Crippen LogP contribution in [0.3, 0.4) is 0 Å². The molecule has 1 aromatic heterocycles. The lowest BCUT2D eigenvalue weighted by atomic mass is 10.2. The Hall–Kier alpha value is -2.77. The maximum Gasteiger partial charge on any atom is 0.417 e. The van der Waals surface area contributed by atoms with E-state index in [-0.39, 0.29) is 6.61 Å². The highest BCUT2D eigenvalue weighted by molar-refractivity contribution is 5.86. The van der Waals surface area contributed by atoms with Crippen LogP contribution in [0.5, 0.6) is 0 Å². The van der Waals surface area contributed by atoms with E-state index < -0.39 is 24.0 Å². The molecule has 0 aromatic carbocycles. The number of carbonyl (C=O) groups is 2. The van der Waals surface area contributed by atoms with Crippen LogP contribution in [0.15, 0.2) is 30.8 Å². The van der Waals surface area contributed by atoms with Crippen molar-refractivity contribution in [2.45, 2.75) is 39.5 Å². The Morgan fingerprint density at radius 1 is 1.40 bits per heavy atom. The summed E-state index contributed by atoms with van der Waals surface area (Å²) in [4.78, 5) is 31.0. The number of nitrogens with zero attached hydrogens (tertiary/aromatic N) is 3. The molecule has 1 aliphatic rings. The summed E-state index contributed by atoms with van der Waals surface area (Å²) >= 11 is 0.